The molecule has 0 spiro atoms. The van der Waals surface area contributed by atoms with Gasteiger partial charge in [-0.3, -0.25) is 9.59 Å². The number of aryl methyl sites for hydroxylation is 1. The Hall–Kier alpha value is -1.91. The maximum atomic E-state index is 13.0. The molecular weight excluding hydrogens is 271 g/mol. The van der Waals surface area contributed by atoms with Crippen molar-refractivity contribution in [3.8, 4) is 0 Å². The molecule has 1 aliphatic rings. The number of halogens is 1. The van der Waals surface area contributed by atoms with Crippen LogP contribution in [-0.2, 0) is 4.79 Å². The van der Waals surface area contributed by atoms with Crippen LogP contribution in [0.4, 0.5) is 4.39 Å². The number of piperidine rings is 1. The summed E-state index contributed by atoms with van der Waals surface area (Å²) in [5, 5.41) is 2.72. The van der Waals surface area contributed by atoms with Gasteiger partial charge in [0.25, 0.3) is 5.91 Å². The predicted octanol–water partition coefficient (Wildman–Crippen LogP) is 2.27. The Labute approximate surface area is 124 Å². The average molecular weight is 292 g/mol. The first kappa shape index (κ1) is 15.5. The molecule has 0 saturated carbocycles. The monoisotopic (exact) mass is 292 g/mol. The molecule has 5 heteroatoms. The second-order valence-electron chi connectivity index (χ2n) is 5.41. The van der Waals surface area contributed by atoms with Crippen LogP contribution in [0, 0.1) is 12.7 Å². The zero-order chi connectivity index (χ0) is 15.2. The van der Waals surface area contributed by atoms with Crippen molar-refractivity contribution in [2.75, 3.05) is 19.6 Å². The summed E-state index contributed by atoms with van der Waals surface area (Å²) in [5.74, 6) is -0.533. The van der Waals surface area contributed by atoms with Crippen molar-refractivity contribution in [2.24, 2.45) is 0 Å². The number of nitrogens with one attached hydrogen (secondary N) is 1. The zero-order valence-electron chi connectivity index (χ0n) is 12.3. The number of likely N-dealkylation sites (tertiary alicyclic amines) is 1. The van der Waals surface area contributed by atoms with Gasteiger partial charge in [0.15, 0.2) is 0 Å². The summed E-state index contributed by atoms with van der Waals surface area (Å²) in [5.41, 5.74) is 1.04. The van der Waals surface area contributed by atoms with E-state index in [1.54, 1.807) is 6.92 Å². The van der Waals surface area contributed by atoms with Crippen molar-refractivity contribution in [3.05, 3.63) is 35.1 Å². The Balaban J connectivity index is 1.79. The Bertz CT molecular complexity index is 525. The van der Waals surface area contributed by atoms with Gasteiger partial charge in [-0.1, -0.05) is 0 Å². The van der Waals surface area contributed by atoms with E-state index in [4.69, 9.17) is 0 Å². The molecule has 114 valence electrons. The van der Waals surface area contributed by atoms with Crippen molar-refractivity contribution in [1.82, 2.24) is 10.2 Å². The summed E-state index contributed by atoms with van der Waals surface area (Å²) in [4.78, 5) is 25.8. The highest BCUT2D eigenvalue weighted by molar-refractivity contribution is 5.95. The molecule has 0 unspecified atom stereocenters. The minimum Gasteiger partial charge on any atom is -0.352 e. The summed E-state index contributed by atoms with van der Waals surface area (Å²) in [6, 6.07) is 4.06. The molecule has 1 aliphatic heterocycles. The van der Waals surface area contributed by atoms with Crippen molar-refractivity contribution < 1.29 is 14.0 Å². The molecule has 2 rings (SSSR count). The second kappa shape index (κ2) is 7.20. The van der Waals surface area contributed by atoms with Gasteiger partial charge in [-0.15, -0.1) is 0 Å². The number of hydrogen-bond acceptors (Lipinski definition) is 2. The molecule has 1 N–H and O–H groups in total. The van der Waals surface area contributed by atoms with E-state index in [-0.39, 0.29) is 17.6 Å². The first-order valence-corrected chi connectivity index (χ1v) is 7.40. The highest BCUT2D eigenvalue weighted by atomic mass is 19.1. The number of benzene rings is 1. The van der Waals surface area contributed by atoms with Gasteiger partial charge >= 0.3 is 0 Å². The quantitative estimate of drug-likeness (QED) is 0.925. The predicted molar refractivity (Wildman–Crippen MR) is 78.5 cm³/mol. The van der Waals surface area contributed by atoms with Crippen LogP contribution in [0.25, 0.3) is 0 Å². The largest absolute Gasteiger partial charge is 0.352 e. The molecule has 1 aromatic carbocycles. The van der Waals surface area contributed by atoms with Crippen LogP contribution in [0.2, 0.25) is 0 Å². The fourth-order valence-electron chi connectivity index (χ4n) is 2.56. The SMILES string of the molecule is Cc1cc(F)ccc1C(=O)NCCC(=O)N1CCCCC1. The molecule has 4 nitrogen and oxygen atoms in total. The molecule has 1 fully saturated rings. The summed E-state index contributed by atoms with van der Waals surface area (Å²) < 4.78 is 13.0. The summed E-state index contributed by atoms with van der Waals surface area (Å²) in [6.45, 7) is 3.65. The van der Waals surface area contributed by atoms with E-state index in [9.17, 15) is 14.0 Å². The normalized spacial score (nSPS) is 14.9. The van der Waals surface area contributed by atoms with Crippen molar-refractivity contribution in [3.63, 3.8) is 0 Å². The molecule has 0 radical (unpaired) electrons. The topological polar surface area (TPSA) is 49.4 Å². The minimum atomic E-state index is -0.357. The standard InChI is InChI=1S/C16H21FN2O2/c1-12-11-13(17)5-6-14(12)16(21)18-8-7-15(20)19-9-3-2-4-10-19/h5-6,11H,2-4,7-10H2,1H3,(H,18,21). The maximum absolute atomic E-state index is 13.0. The number of hydrogen-bond donors (Lipinski definition) is 1. The molecule has 1 aromatic rings. The first-order chi connectivity index (χ1) is 10.1. The van der Waals surface area contributed by atoms with E-state index in [0.29, 0.717) is 24.1 Å². The van der Waals surface area contributed by atoms with Gasteiger partial charge in [0.1, 0.15) is 5.82 Å². The fourth-order valence-corrected chi connectivity index (χ4v) is 2.56. The summed E-state index contributed by atoms with van der Waals surface area (Å²) in [6.07, 6.45) is 3.62. The van der Waals surface area contributed by atoms with Crippen LogP contribution in [-0.4, -0.2) is 36.3 Å². The van der Waals surface area contributed by atoms with E-state index in [0.717, 1.165) is 25.9 Å². The van der Waals surface area contributed by atoms with Gasteiger partial charge in [-0.05, 0) is 49.9 Å². The minimum absolute atomic E-state index is 0.0887. The molecule has 1 saturated heterocycles. The lowest BCUT2D eigenvalue weighted by atomic mass is 10.1. The average Bonchev–Trinajstić information content (AvgIpc) is 2.47. The molecule has 21 heavy (non-hydrogen) atoms. The third kappa shape index (κ3) is 4.28. The van der Waals surface area contributed by atoms with Crippen LogP contribution < -0.4 is 5.32 Å². The Kier molecular flexibility index (Phi) is 5.31. The lowest BCUT2D eigenvalue weighted by Gasteiger charge is -2.26. The molecule has 0 bridgehead atoms. The maximum Gasteiger partial charge on any atom is 0.251 e. The van der Waals surface area contributed by atoms with Crippen LogP contribution >= 0.6 is 0 Å². The van der Waals surface area contributed by atoms with Gasteiger partial charge in [-0.25, -0.2) is 4.39 Å². The van der Waals surface area contributed by atoms with Crippen LogP contribution in [0.1, 0.15) is 41.6 Å². The number of rotatable bonds is 4. The van der Waals surface area contributed by atoms with E-state index in [1.165, 1.54) is 24.6 Å². The van der Waals surface area contributed by atoms with E-state index in [1.807, 2.05) is 4.90 Å². The van der Waals surface area contributed by atoms with Crippen LogP contribution in [0.5, 0.6) is 0 Å². The van der Waals surface area contributed by atoms with Crippen LogP contribution in [0.3, 0.4) is 0 Å². The molecule has 2 amide bonds. The Morgan fingerprint density at radius 1 is 1.24 bits per heavy atom. The molecular formula is C16H21FN2O2. The number of carbonyl (C=O) groups excluding carboxylic acids is 2. The van der Waals surface area contributed by atoms with Crippen LogP contribution in [0.15, 0.2) is 18.2 Å². The van der Waals surface area contributed by atoms with Crippen molar-refractivity contribution in [1.29, 1.82) is 0 Å². The van der Waals surface area contributed by atoms with E-state index in [2.05, 4.69) is 5.32 Å². The summed E-state index contributed by atoms with van der Waals surface area (Å²) >= 11 is 0. The van der Waals surface area contributed by atoms with Gasteiger partial charge < -0.3 is 10.2 Å². The highest BCUT2D eigenvalue weighted by Gasteiger charge is 2.16. The smallest absolute Gasteiger partial charge is 0.251 e. The third-order valence-electron chi connectivity index (χ3n) is 3.77. The lowest BCUT2D eigenvalue weighted by Crippen LogP contribution is -2.37. The third-order valence-corrected chi connectivity index (χ3v) is 3.77. The first-order valence-electron chi connectivity index (χ1n) is 7.40. The summed E-state index contributed by atoms with van der Waals surface area (Å²) in [7, 11) is 0. The van der Waals surface area contributed by atoms with E-state index < -0.39 is 0 Å². The van der Waals surface area contributed by atoms with Crippen molar-refractivity contribution in [2.45, 2.75) is 32.6 Å². The molecule has 0 atom stereocenters. The molecule has 0 aliphatic carbocycles. The van der Waals surface area contributed by atoms with Crippen molar-refractivity contribution >= 4 is 11.8 Å². The second-order valence-corrected chi connectivity index (χ2v) is 5.41. The van der Waals surface area contributed by atoms with Gasteiger partial charge in [0.05, 0.1) is 0 Å². The van der Waals surface area contributed by atoms with Gasteiger partial charge in [0.2, 0.25) is 5.91 Å². The highest BCUT2D eigenvalue weighted by Crippen LogP contribution is 2.11. The molecule has 0 aromatic heterocycles. The van der Waals surface area contributed by atoms with Gasteiger partial charge in [-0.2, -0.15) is 0 Å². The fraction of sp³-hybridized carbons (Fsp3) is 0.500. The number of carbonyl (C=O) groups is 2. The van der Waals surface area contributed by atoms with Gasteiger partial charge in [0, 0.05) is 31.6 Å². The molecule has 1 heterocycles. The lowest BCUT2D eigenvalue weighted by molar-refractivity contribution is -0.131. The van der Waals surface area contributed by atoms with E-state index >= 15 is 0 Å². The number of nitrogens with zero attached hydrogens (tertiary/aromatic N) is 1. The Morgan fingerprint density at radius 3 is 2.62 bits per heavy atom. The zero-order valence-corrected chi connectivity index (χ0v) is 12.3. The Morgan fingerprint density at radius 2 is 1.95 bits per heavy atom. The number of amides is 2.